The first-order chi connectivity index (χ1) is 7.56. The zero-order valence-electron chi connectivity index (χ0n) is 9.17. The third-order valence-electron chi connectivity index (χ3n) is 1.77. The van der Waals surface area contributed by atoms with E-state index in [0.717, 1.165) is 0 Å². The zero-order chi connectivity index (χ0) is 12.4. The van der Waals surface area contributed by atoms with Crippen molar-refractivity contribution in [2.75, 3.05) is 0 Å². The summed E-state index contributed by atoms with van der Waals surface area (Å²) < 4.78 is 0. The van der Waals surface area contributed by atoms with E-state index >= 15 is 0 Å². The van der Waals surface area contributed by atoms with Gasteiger partial charge in [0.1, 0.15) is 0 Å². The molecule has 0 radical (unpaired) electrons. The quantitative estimate of drug-likeness (QED) is 0.548. The summed E-state index contributed by atoms with van der Waals surface area (Å²) in [6.45, 7) is 0.640. The third kappa shape index (κ3) is 9.14. The highest BCUT2D eigenvalue weighted by molar-refractivity contribution is 5.66. The topological polar surface area (TPSA) is 115 Å². The van der Waals surface area contributed by atoms with Crippen LogP contribution in [0.4, 0.5) is 0 Å². The summed E-state index contributed by atoms with van der Waals surface area (Å²) in [6.07, 6.45) is -0.0985. The normalized spacial score (nSPS) is 9.50. The summed E-state index contributed by atoms with van der Waals surface area (Å²) in [5.74, 6) is -0.856. The van der Waals surface area contributed by atoms with Crippen molar-refractivity contribution in [3.05, 3.63) is 35.9 Å². The predicted octanol–water partition coefficient (Wildman–Crippen LogP) is 0.240. The van der Waals surface area contributed by atoms with E-state index in [1.54, 1.807) is 0 Å². The second-order valence-electron chi connectivity index (χ2n) is 3.29. The van der Waals surface area contributed by atoms with Crippen LogP contribution in [0.2, 0.25) is 0 Å². The molecule has 0 heterocycles. The summed E-state index contributed by atoms with van der Waals surface area (Å²) in [4.78, 5) is 9.79. The van der Waals surface area contributed by atoms with E-state index in [-0.39, 0.29) is 6.42 Å². The highest BCUT2D eigenvalue weighted by atomic mass is 16.4. The summed E-state index contributed by atoms with van der Waals surface area (Å²) in [7, 11) is 0. The number of aliphatic carboxylic acids is 1. The maximum Gasteiger partial charge on any atom is 0.303 e. The maximum absolute atomic E-state index is 9.79. The van der Waals surface area contributed by atoms with Crippen molar-refractivity contribution in [3.8, 4) is 0 Å². The van der Waals surface area contributed by atoms with Gasteiger partial charge >= 0.3 is 5.97 Å². The smallest absolute Gasteiger partial charge is 0.303 e. The number of carboxylic acids is 1. The molecule has 0 aliphatic heterocycles. The third-order valence-corrected chi connectivity index (χ3v) is 1.77. The molecular formula is C11H19N3O2. The van der Waals surface area contributed by atoms with Crippen LogP contribution in [-0.4, -0.2) is 17.2 Å². The van der Waals surface area contributed by atoms with Gasteiger partial charge in [0.15, 0.2) is 0 Å². The van der Waals surface area contributed by atoms with Crippen LogP contribution < -0.4 is 17.2 Å². The summed E-state index contributed by atoms with van der Waals surface area (Å²) in [6, 6.07) is 9.99. The van der Waals surface area contributed by atoms with Crippen molar-refractivity contribution in [3.63, 3.8) is 0 Å². The molecule has 16 heavy (non-hydrogen) atoms. The monoisotopic (exact) mass is 225 g/mol. The Hall–Kier alpha value is -1.43. The van der Waals surface area contributed by atoms with Gasteiger partial charge < -0.3 is 22.3 Å². The van der Waals surface area contributed by atoms with Gasteiger partial charge in [0.2, 0.25) is 0 Å². The van der Waals surface area contributed by atoms with Gasteiger partial charge in [-0.15, -0.1) is 0 Å². The Bertz CT molecular complexity index is 289. The fraction of sp³-hybridized carbons (Fsp3) is 0.364. The molecular weight excluding hydrogens is 206 g/mol. The number of benzene rings is 1. The molecule has 0 saturated carbocycles. The van der Waals surface area contributed by atoms with Crippen LogP contribution in [0.3, 0.4) is 0 Å². The predicted molar refractivity (Wildman–Crippen MR) is 63.4 cm³/mol. The lowest BCUT2D eigenvalue weighted by atomic mass is 10.2. The van der Waals surface area contributed by atoms with Crippen LogP contribution in [0.5, 0.6) is 0 Å². The van der Waals surface area contributed by atoms with E-state index in [1.165, 1.54) is 5.56 Å². The van der Waals surface area contributed by atoms with Gasteiger partial charge in [-0.2, -0.15) is 0 Å². The number of carboxylic acid groups (broad SMARTS) is 1. The molecule has 0 spiro atoms. The highest BCUT2D eigenvalue weighted by Gasteiger charge is 1.98. The lowest BCUT2D eigenvalue weighted by molar-refractivity contribution is -0.137. The fourth-order valence-electron chi connectivity index (χ4n) is 0.904. The zero-order valence-corrected chi connectivity index (χ0v) is 9.17. The molecule has 0 aliphatic rings. The molecule has 0 aromatic heterocycles. The molecule has 0 saturated heterocycles. The van der Waals surface area contributed by atoms with E-state index in [0.29, 0.717) is 13.0 Å². The molecule has 0 unspecified atom stereocenters. The second-order valence-corrected chi connectivity index (χ2v) is 3.29. The van der Waals surface area contributed by atoms with Gasteiger partial charge in [-0.1, -0.05) is 30.3 Å². The van der Waals surface area contributed by atoms with Gasteiger partial charge in [0, 0.05) is 13.0 Å². The number of rotatable bonds is 4. The molecule has 5 heteroatoms. The average molecular weight is 225 g/mol. The first-order valence-corrected chi connectivity index (χ1v) is 5.03. The van der Waals surface area contributed by atoms with Gasteiger partial charge in [-0.3, -0.25) is 4.79 Å². The second kappa shape index (κ2) is 8.84. The molecule has 1 aromatic carbocycles. The Morgan fingerprint density at radius 3 is 2.06 bits per heavy atom. The Morgan fingerprint density at radius 1 is 1.25 bits per heavy atom. The Kier molecular flexibility index (Phi) is 8.05. The van der Waals surface area contributed by atoms with Crippen LogP contribution in [0.15, 0.2) is 30.3 Å². The lowest BCUT2D eigenvalue weighted by Gasteiger charge is -1.98. The molecule has 5 nitrogen and oxygen atoms in total. The van der Waals surface area contributed by atoms with Crippen LogP contribution in [0.25, 0.3) is 0 Å². The van der Waals surface area contributed by atoms with Gasteiger partial charge in [0.25, 0.3) is 0 Å². The number of hydrogen-bond acceptors (Lipinski definition) is 4. The van der Waals surface area contributed by atoms with Crippen molar-refractivity contribution in [2.45, 2.75) is 25.6 Å². The van der Waals surface area contributed by atoms with Crippen molar-refractivity contribution >= 4 is 5.97 Å². The first kappa shape index (κ1) is 14.6. The van der Waals surface area contributed by atoms with Crippen molar-refractivity contribution in [1.82, 2.24) is 0 Å². The molecule has 0 fully saturated rings. The molecule has 0 amide bonds. The van der Waals surface area contributed by atoms with E-state index in [4.69, 9.17) is 22.3 Å². The minimum absolute atomic E-state index is 0.0532. The summed E-state index contributed by atoms with van der Waals surface area (Å²) >= 11 is 0. The largest absolute Gasteiger partial charge is 0.481 e. The first-order valence-electron chi connectivity index (χ1n) is 5.03. The molecule has 0 aliphatic carbocycles. The summed E-state index contributed by atoms with van der Waals surface area (Å²) in [5, 5.41) is 8.05. The minimum Gasteiger partial charge on any atom is -0.481 e. The highest BCUT2D eigenvalue weighted by Crippen LogP contribution is 1.94. The van der Waals surface area contributed by atoms with E-state index in [1.807, 2.05) is 30.3 Å². The van der Waals surface area contributed by atoms with Gasteiger partial charge in [0.05, 0.1) is 6.17 Å². The lowest BCUT2D eigenvalue weighted by Crippen LogP contribution is -2.30. The standard InChI is InChI=1S/C7H9N.C4H10N2O2/c8-6-7-4-2-1-3-5-7;5-3(6)1-2-4(7)8/h1-5H,6,8H2;3H,1-2,5-6H2,(H,7,8). The van der Waals surface area contributed by atoms with Gasteiger partial charge in [-0.25, -0.2) is 0 Å². The van der Waals surface area contributed by atoms with E-state index in [9.17, 15) is 4.79 Å². The summed E-state index contributed by atoms with van der Waals surface area (Å²) in [5.41, 5.74) is 16.6. The molecule has 7 N–H and O–H groups in total. The van der Waals surface area contributed by atoms with Crippen molar-refractivity contribution in [2.24, 2.45) is 17.2 Å². The van der Waals surface area contributed by atoms with Crippen LogP contribution >= 0.6 is 0 Å². The van der Waals surface area contributed by atoms with Crippen molar-refractivity contribution in [1.29, 1.82) is 0 Å². The SMILES string of the molecule is NC(N)CCC(=O)O.NCc1ccccc1. The molecule has 90 valence electrons. The van der Waals surface area contributed by atoms with Gasteiger partial charge in [-0.05, 0) is 12.0 Å². The molecule has 0 atom stereocenters. The number of nitrogens with two attached hydrogens (primary N) is 3. The fourth-order valence-corrected chi connectivity index (χ4v) is 0.904. The molecule has 1 aromatic rings. The van der Waals surface area contributed by atoms with E-state index in [2.05, 4.69) is 0 Å². The Labute approximate surface area is 95.2 Å². The molecule has 1 rings (SSSR count). The van der Waals surface area contributed by atoms with Crippen LogP contribution in [-0.2, 0) is 11.3 Å². The number of hydrogen-bond donors (Lipinski definition) is 4. The maximum atomic E-state index is 9.79. The molecule has 0 bridgehead atoms. The minimum atomic E-state index is -0.856. The van der Waals surface area contributed by atoms with Crippen molar-refractivity contribution < 1.29 is 9.90 Å². The Morgan fingerprint density at radius 2 is 1.81 bits per heavy atom. The Balaban J connectivity index is 0.000000281. The van der Waals surface area contributed by atoms with Crippen LogP contribution in [0.1, 0.15) is 18.4 Å². The van der Waals surface area contributed by atoms with Crippen LogP contribution in [0, 0.1) is 0 Å². The van der Waals surface area contributed by atoms with E-state index < -0.39 is 12.1 Å². The average Bonchev–Trinajstić information content (AvgIpc) is 2.28. The number of carbonyl (C=O) groups is 1.